The molecule has 0 unspecified atom stereocenters. The van der Waals surface area contributed by atoms with Crippen molar-refractivity contribution in [3.63, 3.8) is 0 Å². The van der Waals surface area contributed by atoms with Crippen LogP contribution >= 0.6 is 0 Å². The van der Waals surface area contributed by atoms with Crippen molar-refractivity contribution in [3.05, 3.63) is 0 Å². The molecule has 0 atom stereocenters. The normalized spacial score (nSPS) is 11.2. The van der Waals surface area contributed by atoms with E-state index in [4.69, 9.17) is 13.7 Å². The van der Waals surface area contributed by atoms with Crippen LogP contribution in [0.5, 0.6) is 0 Å². The summed E-state index contributed by atoms with van der Waals surface area (Å²) < 4.78 is 92.0. The van der Waals surface area contributed by atoms with Crippen LogP contribution in [0.3, 0.4) is 0 Å². The average molecular weight is 530 g/mol. The summed E-state index contributed by atoms with van der Waals surface area (Å²) in [4.78, 5) is 0. The smallest absolute Gasteiger partial charge is 0.264 e. The minimum atomic E-state index is -4.17. The van der Waals surface area contributed by atoms with Crippen LogP contribution in [0.1, 0.15) is 20.8 Å². The largest absolute Gasteiger partial charge is 0.397 e. The molecule has 1 radical (unpaired) electrons. The quantitative estimate of drug-likeness (QED) is 0.373. The van der Waals surface area contributed by atoms with E-state index in [9.17, 15) is 25.3 Å². The Morgan fingerprint density at radius 1 is 0.591 bits per heavy atom. The second kappa shape index (κ2) is 15.7. The molecule has 0 aromatic rings. The molecule has 0 amide bonds. The summed E-state index contributed by atoms with van der Waals surface area (Å²) in [5.74, 6) is 0. The molecule has 22 heavy (non-hydrogen) atoms. The van der Waals surface area contributed by atoms with Crippen molar-refractivity contribution in [2.45, 2.75) is 20.8 Å². The molecule has 0 saturated heterocycles. The van der Waals surface area contributed by atoms with Crippen LogP contribution in [-0.2, 0) is 43.7 Å². The Bertz CT molecular complexity index is 455. The summed E-state index contributed by atoms with van der Waals surface area (Å²) in [6, 6.07) is 0. The van der Waals surface area contributed by atoms with Crippen LogP contribution in [0, 0.1) is 49.4 Å². The first kappa shape index (κ1) is 31.0. The van der Waals surface area contributed by atoms with Crippen molar-refractivity contribution in [2.75, 3.05) is 19.8 Å². The molecule has 139 valence electrons. The van der Waals surface area contributed by atoms with E-state index in [1.165, 1.54) is 20.8 Å². The predicted molar refractivity (Wildman–Crippen MR) is 69.5 cm³/mol. The van der Waals surface area contributed by atoms with Crippen LogP contribution in [-0.4, -0.2) is 58.7 Å². The Morgan fingerprint density at radius 3 is 0.727 bits per heavy atom. The van der Waals surface area contributed by atoms with Crippen molar-refractivity contribution in [1.29, 1.82) is 0 Å². The van der Waals surface area contributed by atoms with E-state index >= 15 is 0 Å². The molecule has 0 aliphatic rings. The summed E-state index contributed by atoms with van der Waals surface area (Å²) in [6.45, 7) is 4.31. The third-order valence-electron chi connectivity index (χ3n) is 0.800. The van der Waals surface area contributed by atoms with E-state index in [2.05, 4.69) is 12.5 Å². The van der Waals surface area contributed by atoms with Gasteiger partial charge in [0, 0.05) is 49.4 Å². The van der Waals surface area contributed by atoms with Crippen molar-refractivity contribution in [1.82, 2.24) is 0 Å². The van der Waals surface area contributed by atoms with Gasteiger partial charge < -0.3 is 0 Å². The van der Waals surface area contributed by atoms with Gasteiger partial charge in [0.15, 0.2) is 0 Å². The van der Waals surface area contributed by atoms with Gasteiger partial charge in [-0.05, 0) is 20.8 Å². The van der Waals surface area contributed by atoms with E-state index in [1.54, 1.807) is 0 Å². The minimum absolute atomic E-state index is 0. The zero-order valence-electron chi connectivity index (χ0n) is 11.7. The summed E-state index contributed by atoms with van der Waals surface area (Å²) >= 11 is 0. The molecule has 16 heteroatoms. The molecule has 0 aromatic carbocycles. The summed E-state index contributed by atoms with van der Waals surface area (Å²) in [5, 5.41) is 0. The predicted octanol–water partition coefficient (Wildman–Crippen LogP) is -0.523. The molecule has 3 N–H and O–H groups in total. The molecule has 0 aromatic heterocycles. The topological polar surface area (TPSA) is 191 Å². The SMILES string of the molecule is CCOS(=O)(=O)O.CCOS(=O)(=O)O.CCOS(=O)(=O)O.[Eu]. The van der Waals surface area contributed by atoms with Gasteiger partial charge in [-0.3, -0.25) is 13.7 Å². The maximum absolute atomic E-state index is 9.56. The monoisotopic (exact) mass is 531 g/mol. The summed E-state index contributed by atoms with van der Waals surface area (Å²) in [7, 11) is -12.5. The van der Waals surface area contributed by atoms with Crippen LogP contribution in [0.15, 0.2) is 0 Å². The zero-order valence-corrected chi connectivity index (χ0v) is 16.6. The first-order chi connectivity index (χ1) is 9.18. The first-order valence-corrected chi connectivity index (χ1v) is 9.13. The fraction of sp³-hybridized carbons (Fsp3) is 1.00. The van der Waals surface area contributed by atoms with Gasteiger partial charge in [0.25, 0.3) is 0 Å². The molecule has 0 rings (SSSR count). The van der Waals surface area contributed by atoms with E-state index in [1.807, 2.05) is 0 Å². The van der Waals surface area contributed by atoms with Gasteiger partial charge in [0.1, 0.15) is 0 Å². The molecule has 0 saturated carbocycles. The summed E-state index contributed by atoms with van der Waals surface area (Å²) in [5.41, 5.74) is 0. The van der Waals surface area contributed by atoms with Crippen molar-refractivity contribution in [3.8, 4) is 0 Å². The Hall–Kier alpha value is 1.19. The van der Waals surface area contributed by atoms with Crippen LogP contribution in [0.25, 0.3) is 0 Å². The van der Waals surface area contributed by atoms with Gasteiger partial charge in [-0.15, -0.1) is 0 Å². The second-order valence-corrected chi connectivity index (χ2v) is 5.78. The molecule has 0 spiro atoms. The van der Waals surface area contributed by atoms with Gasteiger partial charge in [0.2, 0.25) is 0 Å². The van der Waals surface area contributed by atoms with E-state index < -0.39 is 31.2 Å². The first-order valence-electron chi connectivity index (χ1n) is 5.04. The van der Waals surface area contributed by atoms with E-state index in [0.717, 1.165) is 0 Å². The minimum Gasteiger partial charge on any atom is -0.264 e. The van der Waals surface area contributed by atoms with Crippen LogP contribution in [0.4, 0.5) is 0 Å². The molecule has 0 fully saturated rings. The Balaban J connectivity index is -0.000000108. The Labute approximate surface area is 170 Å². The Morgan fingerprint density at radius 2 is 0.727 bits per heavy atom. The van der Waals surface area contributed by atoms with Crippen LogP contribution < -0.4 is 0 Å². The van der Waals surface area contributed by atoms with Gasteiger partial charge in [-0.25, -0.2) is 12.5 Å². The average Bonchev–Trinajstić information content (AvgIpc) is 2.12. The van der Waals surface area contributed by atoms with Crippen LogP contribution in [0.2, 0.25) is 0 Å². The number of hydrogen-bond acceptors (Lipinski definition) is 9. The number of hydrogen-bond donors (Lipinski definition) is 3. The third-order valence-corrected chi connectivity index (χ3v) is 2.40. The van der Waals surface area contributed by atoms with Gasteiger partial charge in [-0.2, -0.15) is 25.3 Å². The van der Waals surface area contributed by atoms with Crippen molar-refractivity contribution in [2.24, 2.45) is 0 Å². The molecule has 0 bridgehead atoms. The molecular weight excluding hydrogens is 512 g/mol. The Kier molecular flexibility index (Phi) is 22.1. The van der Waals surface area contributed by atoms with Gasteiger partial charge >= 0.3 is 31.2 Å². The second-order valence-electron chi connectivity index (χ2n) is 2.50. The number of rotatable bonds is 6. The molecule has 12 nitrogen and oxygen atoms in total. The van der Waals surface area contributed by atoms with E-state index in [0.29, 0.717) is 0 Å². The zero-order chi connectivity index (χ0) is 17.7. The fourth-order valence-corrected chi connectivity index (χ4v) is 1.34. The maximum atomic E-state index is 9.56. The van der Waals surface area contributed by atoms with Crippen molar-refractivity contribution < 1.29 is 101 Å². The molecular formula is C6H18EuO12S3. The maximum Gasteiger partial charge on any atom is 0.397 e. The van der Waals surface area contributed by atoms with Gasteiger partial charge in [0.05, 0.1) is 19.8 Å². The van der Waals surface area contributed by atoms with Crippen molar-refractivity contribution >= 4 is 31.2 Å². The van der Waals surface area contributed by atoms with Gasteiger partial charge in [-0.1, -0.05) is 0 Å². The third kappa shape index (κ3) is 49.6. The molecule has 0 aliphatic carbocycles. The molecule has 0 heterocycles. The summed E-state index contributed by atoms with van der Waals surface area (Å²) in [6.07, 6.45) is 0. The molecule has 0 aliphatic heterocycles. The standard InChI is InChI=1S/3C2H6O4S.Eu/c3*1-2-6-7(3,4)5;/h3*2H2,1H3,(H,3,4,5);. The fourth-order valence-electron chi connectivity index (χ4n) is 0.447. The van der Waals surface area contributed by atoms with E-state index in [-0.39, 0.29) is 69.2 Å².